The second kappa shape index (κ2) is 6.84. The highest BCUT2D eigenvalue weighted by atomic mass is 32.2. The van der Waals surface area contributed by atoms with Gasteiger partial charge in [-0.2, -0.15) is 4.98 Å². The molecule has 8 nitrogen and oxygen atoms in total. The van der Waals surface area contributed by atoms with Crippen LogP contribution in [-0.4, -0.2) is 50.2 Å². The smallest absolute Gasteiger partial charge is 0.223 e. The monoisotopic (exact) mass is 345 g/mol. The zero-order valence-corrected chi connectivity index (χ0v) is 14.1. The number of aryl methyl sites for hydroxylation is 1. The summed E-state index contributed by atoms with van der Waals surface area (Å²) in [4.78, 5) is 4.28. The Kier molecular flexibility index (Phi) is 5.00. The first kappa shape index (κ1) is 16.8. The van der Waals surface area contributed by atoms with E-state index < -0.39 is 21.7 Å². The fourth-order valence-corrected chi connectivity index (χ4v) is 4.89. The molecule has 1 unspecified atom stereocenters. The normalized spacial score (nSPS) is 25.3. The summed E-state index contributed by atoms with van der Waals surface area (Å²) in [7, 11) is -3.55. The molecule has 0 bridgehead atoms. The van der Waals surface area contributed by atoms with Gasteiger partial charge < -0.3 is 14.0 Å². The predicted octanol–water partition coefficient (Wildman–Crippen LogP) is 0.872. The summed E-state index contributed by atoms with van der Waals surface area (Å²) in [5.41, 5.74) is -0.773. The SMILES string of the molecule is Cc1nc(C2(NS(=O)(=O)CC3COCCO3)CCCCC2)no1. The lowest BCUT2D eigenvalue weighted by Crippen LogP contribution is -2.50. The van der Waals surface area contributed by atoms with E-state index in [-0.39, 0.29) is 5.75 Å². The Morgan fingerprint density at radius 2 is 2.04 bits per heavy atom. The van der Waals surface area contributed by atoms with E-state index in [1.54, 1.807) is 6.92 Å². The first-order chi connectivity index (χ1) is 11.0. The van der Waals surface area contributed by atoms with E-state index >= 15 is 0 Å². The van der Waals surface area contributed by atoms with Gasteiger partial charge in [-0.15, -0.1) is 0 Å². The van der Waals surface area contributed by atoms with Crippen LogP contribution < -0.4 is 4.72 Å². The lowest BCUT2D eigenvalue weighted by atomic mass is 9.82. The summed E-state index contributed by atoms with van der Waals surface area (Å²) in [6.07, 6.45) is 3.85. The molecule has 2 fully saturated rings. The van der Waals surface area contributed by atoms with Crippen molar-refractivity contribution < 1.29 is 22.4 Å². The zero-order valence-electron chi connectivity index (χ0n) is 13.3. The van der Waals surface area contributed by atoms with Crippen LogP contribution in [0.2, 0.25) is 0 Å². The van der Waals surface area contributed by atoms with Crippen LogP contribution >= 0.6 is 0 Å². The van der Waals surface area contributed by atoms with Crippen LogP contribution in [0.1, 0.15) is 43.8 Å². The van der Waals surface area contributed by atoms with Crippen molar-refractivity contribution in [3.05, 3.63) is 11.7 Å². The standard InChI is InChI=1S/C14H23N3O5S/c1-11-15-13(16-22-11)14(5-3-2-4-6-14)17-23(18,19)10-12-9-20-7-8-21-12/h12,17H,2-10H2,1H3. The minimum absolute atomic E-state index is 0.119. The van der Waals surface area contributed by atoms with Crippen molar-refractivity contribution in [2.75, 3.05) is 25.6 Å². The van der Waals surface area contributed by atoms with Gasteiger partial charge in [0.05, 0.1) is 37.2 Å². The van der Waals surface area contributed by atoms with Gasteiger partial charge in [-0.3, -0.25) is 0 Å². The maximum absolute atomic E-state index is 12.6. The number of ether oxygens (including phenoxy) is 2. The maximum atomic E-state index is 12.6. The molecule has 1 aliphatic heterocycles. The van der Waals surface area contributed by atoms with Crippen LogP contribution in [0.5, 0.6) is 0 Å². The quantitative estimate of drug-likeness (QED) is 0.844. The number of sulfonamides is 1. The molecular formula is C14H23N3O5S. The molecule has 2 aliphatic rings. The summed E-state index contributed by atoms with van der Waals surface area (Å²) >= 11 is 0. The molecular weight excluding hydrogens is 322 g/mol. The van der Waals surface area contributed by atoms with Gasteiger partial charge in [0.2, 0.25) is 15.9 Å². The topological polar surface area (TPSA) is 104 Å². The molecule has 9 heteroatoms. The predicted molar refractivity (Wildman–Crippen MR) is 81.3 cm³/mol. The molecule has 130 valence electrons. The lowest BCUT2D eigenvalue weighted by Gasteiger charge is -2.35. The summed E-state index contributed by atoms with van der Waals surface area (Å²) in [6, 6.07) is 0. The molecule has 1 aromatic rings. The van der Waals surface area contributed by atoms with Crippen molar-refractivity contribution in [2.24, 2.45) is 0 Å². The van der Waals surface area contributed by atoms with Crippen molar-refractivity contribution in [2.45, 2.75) is 50.7 Å². The molecule has 0 spiro atoms. The van der Waals surface area contributed by atoms with E-state index in [0.717, 1.165) is 19.3 Å². The average Bonchev–Trinajstić information content (AvgIpc) is 2.95. The third-order valence-electron chi connectivity index (χ3n) is 4.30. The Morgan fingerprint density at radius 1 is 1.26 bits per heavy atom. The number of nitrogens with zero attached hydrogens (tertiary/aromatic N) is 2. The minimum Gasteiger partial charge on any atom is -0.376 e. The maximum Gasteiger partial charge on any atom is 0.223 e. The molecule has 1 aliphatic carbocycles. The van der Waals surface area contributed by atoms with Crippen LogP contribution in [0.15, 0.2) is 4.52 Å². The highest BCUT2D eigenvalue weighted by Crippen LogP contribution is 2.36. The molecule has 1 saturated heterocycles. The van der Waals surface area contributed by atoms with Gasteiger partial charge in [0.15, 0.2) is 5.82 Å². The van der Waals surface area contributed by atoms with Crippen molar-refractivity contribution >= 4 is 10.0 Å². The molecule has 23 heavy (non-hydrogen) atoms. The molecule has 0 radical (unpaired) electrons. The second-order valence-electron chi connectivity index (χ2n) is 6.23. The summed E-state index contributed by atoms with van der Waals surface area (Å²) in [5, 5.41) is 3.97. The third kappa shape index (κ3) is 4.09. The highest BCUT2D eigenvalue weighted by Gasteiger charge is 2.42. The van der Waals surface area contributed by atoms with Crippen molar-refractivity contribution in [1.29, 1.82) is 0 Å². The summed E-state index contributed by atoms with van der Waals surface area (Å²) in [6.45, 7) is 2.94. The van der Waals surface area contributed by atoms with E-state index in [1.165, 1.54) is 0 Å². The highest BCUT2D eigenvalue weighted by molar-refractivity contribution is 7.89. The van der Waals surface area contributed by atoms with Gasteiger partial charge in [-0.25, -0.2) is 13.1 Å². The Bertz CT molecular complexity index is 618. The Hall–Kier alpha value is -1.03. The van der Waals surface area contributed by atoms with Gasteiger partial charge in [0, 0.05) is 6.92 Å². The van der Waals surface area contributed by atoms with Gasteiger partial charge >= 0.3 is 0 Å². The number of aromatic nitrogens is 2. The summed E-state index contributed by atoms with van der Waals surface area (Å²) in [5.74, 6) is 0.748. The van der Waals surface area contributed by atoms with E-state index in [9.17, 15) is 8.42 Å². The zero-order chi connectivity index (χ0) is 16.3. The van der Waals surface area contributed by atoms with Crippen LogP contribution in [0, 0.1) is 6.92 Å². The molecule has 3 rings (SSSR count). The molecule has 1 saturated carbocycles. The minimum atomic E-state index is -3.55. The third-order valence-corrected chi connectivity index (χ3v) is 5.82. The van der Waals surface area contributed by atoms with Crippen LogP contribution in [0.4, 0.5) is 0 Å². The lowest BCUT2D eigenvalue weighted by molar-refractivity contribution is -0.0783. The largest absolute Gasteiger partial charge is 0.376 e. The molecule has 2 heterocycles. The van der Waals surface area contributed by atoms with Gasteiger partial charge in [-0.05, 0) is 12.8 Å². The fraction of sp³-hybridized carbons (Fsp3) is 0.857. The number of hydrogen-bond acceptors (Lipinski definition) is 7. The Labute approximate surface area is 136 Å². The summed E-state index contributed by atoms with van der Waals surface area (Å²) < 4.78 is 43.9. The van der Waals surface area contributed by atoms with E-state index in [1.807, 2.05) is 0 Å². The van der Waals surface area contributed by atoms with Crippen molar-refractivity contribution in [3.63, 3.8) is 0 Å². The van der Waals surface area contributed by atoms with E-state index in [0.29, 0.717) is 44.4 Å². The van der Waals surface area contributed by atoms with Crippen LogP contribution in [-0.2, 0) is 25.0 Å². The first-order valence-electron chi connectivity index (χ1n) is 8.01. The van der Waals surface area contributed by atoms with Gasteiger partial charge in [0.25, 0.3) is 0 Å². The number of rotatable bonds is 5. The molecule has 0 amide bonds. The second-order valence-corrected chi connectivity index (χ2v) is 8.00. The van der Waals surface area contributed by atoms with Gasteiger partial charge in [-0.1, -0.05) is 24.4 Å². The molecule has 1 atom stereocenters. The van der Waals surface area contributed by atoms with Crippen LogP contribution in [0.3, 0.4) is 0 Å². The first-order valence-corrected chi connectivity index (χ1v) is 9.66. The van der Waals surface area contributed by atoms with E-state index in [4.69, 9.17) is 14.0 Å². The molecule has 1 aromatic heterocycles. The fourth-order valence-electron chi connectivity index (χ4n) is 3.24. The van der Waals surface area contributed by atoms with Crippen molar-refractivity contribution in [1.82, 2.24) is 14.9 Å². The average molecular weight is 345 g/mol. The van der Waals surface area contributed by atoms with Gasteiger partial charge in [0.1, 0.15) is 0 Å². The number of hydrogen-bond donors (Lipinski definition) is 1. The molecule has 1 N–H and O–H groups in total. The molecule has 0 aromatic carbocycles. The Balaban J connectivity index is 1.77. The van der Waals surface area contributed by atoms with Crippen LogP contribution in [0.25, 0.3) is 0 Å². The Morgan fingerprint density at radius 3 is 2.65 bits per heavy atom. The number of nitrogens with one attached hydrogen (secondary N) is 1. The van der Waals surface area contributed by atoms with E-state index in [2.05, 4.69) is 14.9 Å². The van der Waals surface area contributed by atoms with Crippen molar-refractivity contribution in [3.8, 4) is 0 Å².